The number of hydrogen-bond acceptors (Lipinski definition) is 3. The van der Waals surface area contributed by atoms with E-state index in [-0.39, 0.29) is 5.75 Å². The van der Waals surface area contributed by atoms with Crippen molar-refractivity contribution in [1.29, 1.82) is 0 Å². The first-order valence-corrected chi connectivity index (χ1v) is 6.72. The number of nitrogens with one attached hydrogen (secondary N) is 2. The zero-order valence-corrected chi connectivity index (χ0v) is 13.0. The third-order valence-corrected chi connectivity index (χ3v) is 3.11. The van der Waals surface area contributed by atoms with Gasteiger partial charge in [-0.05, 0) is 24.3 Å². The van der Waals surface area contributed by atoms with Crippen LogP contribution in [-0.4, -0.2) is 31.0 Å². The number of halogens is 6. The number of carbonyl (C=O) groups is 1. The average Bonchev–Trinajstić information content (AvgIpc) is 2.44. The van der Waals surface area contributed by atoms with E-state index in [4.69, 9.17) is 4.74 Å². The number of alkyl halides is 6. The molecule has 0 radical (unpaired) electrons. The minimum Gasteiger partial charge on any atom is -0.497 e. The number of benzene rings is 1. The van der Waals surface area contributed by atoms with Gasteiger partial charge in [0.2, 0.25) is 5.91 Å². The molecule has 0 saturated carbocycles. The predicted molar refractivity (Wildman–Crippen MR) is 74.4 cm³/mol. The summed E-state index contributed by atoms with van der Waals surface area (Å²) >= 11 is 0. The maximum absolute atomic E-state index is 13.3. The van der Waals surface area contributed by atoms with Gasteiger partial charge in [0.25, 0.3) is 0 Å². The molecule has 0 atom stereocenters. The first kappa shape index (κ1) is 19.9. The molecule has 2 N–H and O–H groups in total. The smallest absolute Gasteiger partial charge is 0.439 e. The molecule has 0 unspecified atom stereocenters. The molecule has 0 aromatic heterocycles. The lowest BCUT2D eigenvalue weighted by Gasteiger charge is -2.39. The van der Waals surface area contributed by atoms with E-state index in [0.717, 1.165) is 17.4 Å². The second-order valence-electron chi connectivity index (χ2n) is 5.24. The summed E-state index contributed by atoms with van der Waals surface area (Å²) in [6.45, 7) is 2.36. The highest BCUT2D eigenvalue weighted by atomic mass is 19.4. The number of amides is 1. The zero-order chi connectivity index (χ0) is 18.8. The van der Waals surface area contributed by atoms with E-state index in [1.54, 1.807) is 0 Å². The summed E-state index contributed by atoms with van der Waals surface area (Å²) in [5.41, 5.74) is -5.11. The molecule has 1 aromatic rings. The molecule has 1 aromatic carbocycles. The molecule has 0 spiro atoms. The molecule has 0 fully saturated rings. The summed E-state index contributed by atoms with van der Waals surface area (Å²) in [5.74, 6) is -2.23. The number of hydrogen-bond donors (Lipinski definition) is 2. The van der Waals surface area contributed by atoms with Crippen LogP contribution in [0.15, 0.2) is 24.3 Å². The van der Waals surface area contributed by atoms with Crippen LogP contribution >= 0.6 is 0 Å². The minimum atomic E-state index is -5.84. The lowest BCUT2D eigenvalue weighted by Crippen LogP contribution is -2.72. The van der Waals surface area contributed by atoms with Crippen molar-refractivity contribution in [2.75, 3.05) is 12.4 Å². The third-order valence-electron chi connectivity index (χ3n) is 3.11. The maximum Gasteiger partial charge on any atom is 0.439 e. The van der Waals surface area contributed by atoms with Crippen LogP contribution in [0.25, 0.3) is 0 Å². The van der Waals surface area contributed by atoms with E-state index in [9.17, 15) is 31.1 Å². The predicted octanol–water partition coefficient (Wildman–Crippen LogP) is 3.70. The summed E-state index contributed by atoms with van der Waals surface area (Å²) in [6.07, 6.45) is -11.7. The van der Waals surface area contributed by atoms with Gasteiger partial charge in [0.05, 0.1) is 7.11 Å². The molecule has 1 amide bonds. The van der Waals surface area contributed by atoms with Crippen LogP contribution < -0.4 is 15.4 Å². The fourth-order valence-electron chi connectivity index (χ4n) is 1.70. The Hall–Kier alpha value is -2.13. The number of rotatable bonds is 5. The Morgan fingerprint density at radius 2 is 1.46 bits per heavy atom. The first-order valence-electron chi connectivity index (χ1n) is 6.72. The number of carbonyl (C=O) groups excluding carboxylic acids is 1. The fourth-order valence-corrected chi connectivity index (χ4v) is 1.70. The highest BCUT2D eigenvalue weighted by Gasteiger charge is 2.72. The minimum absolute atomic E-state index is 0.247. The highest BCUT2D eigenvalue weighted by Crippen LogP contribution is 2.43. The van der Waals surface area contributed by atoms with Crippen LogP contribution in [0.1, 0.15) is 13.8 Å². The fraction of sp³-hybridized carbons (Fsp3) is 0.500. The van der Waals surface area contributed by atoms with Crippen molar-refractivity contribution in [3.05, 3.63) is 24.3 Å². The van der Waals surface area contributed by atoms with Crippen molar-refractivity contribution in [2.45, 2.75) is 31.9 Å². The molecule has 10 heteroatoms. The molecule has 0 aliphatic carbocycles. The largest absolute Gasteiger partial charge is 0.497 e. The van der Waals surface area contributed by atoms with Gasteiger partial charge in [-0.1, -0.05) is 13.8 Å². The molecule has 0 bridgehead atoms. The Balaban J connectivity index is 3.36. The van der Waals surface area contributed by atoms with Crippen LogP contribution in [0.3, 0.4) is 0 Å². The van der Waals surface area contributed by atoms with Gasteiger partial charge in [-0.2, -0.15) is 26.3 Å². The number of methoxy groups -OCH3 is 1. The molecule has 0 aliphatic heterocycles. The molecule has 0 heterocycles. The van der Waals surface area contributed by atoms with Gasteiger partial charge in [0, 0.05) is 11.6 Å². The Morgan fingerprint density at radius 1 is 1.00 bits per heavy atom. The molecule has 24 heavy (non-hydrogen) atoms. The van der Waals surface area contributed by atoms with E-state index in [2.05, 4.69) is 0 Å². The van der Waals surface area contributed by atoms with Crippen molar-refractivity contribution < 1.29 is 35.9 Å². The standard InChI is InChI=1S/C14H16F6N2O2/c1-8(2)11(23)22-12(13(15,16)17,14(18,19)20)21-9-4-6-10(24-3)7-5-9/h4-8,21H,1-3H3,(H,22,23). The topological polar surface area (TPSA) is 50.4 Å². The molecule has 0 aliphatic rings. The second-order valence-corrected chi connectivity index (χ2v) is 5.24. The number of ether oxygens (including phenoxy) is 1. The molecular weight excluding hydrogens is 342 g/mol. The van der Waals surface area contributed by atoms with Crippen molar-refractivity contribution in [1.82, 2.24) is 5.32 Å². The van der Waals surface area contributed by atoms with E-state index < -0.39 is 35.5 Å². The van der Waals surface area contributed by atoms with Crippen molar-refractivity contribution in [3.63, 3.8) is 0 Å². The Kier molecular flexibility index (Phi) is 5.62. The van der Waals surface area contributed by atoms with Gasteiger partial charge in [-0.15, -0.1) is 0 Å². The van der Waals surface area contributed by atoms with E-state index in [1.807, 2.05) is 0 Å². The van der Waals surface area contributed by atoms with Gasteiger partial charge in [-0.25, -0.2) is 0 Å². The molecule has 136 valence electrons. The van der Waals surface area contributed by atoms with E-state index in [1.165, 1.54) is 38.4 Å². The Labute approximate surface area is 134 Å². The summed E-state index contributed by atoms with van der Waals surface area (Å²) < 4.78 is 84.6. The van der Waals surface area contributed by atoms with Crippen molar-refractivity contribution >= 4 is 11.6 Å². The summed E-state index contributed by atoms with van der Waals surface area (Å²) in [6, 6.07) is 4.33. The molecule has 4 nitrogen and oxygen atoms in total. The average molecular weight is 358 g/mol. The molecular formula is C14H16F6N2O2. The van der Waals surface area contributed by atoms with Gasteiger partial charge in [0.15, 0.2) is 0 Å². The van der Waals surface area contributed by atoms with Crippen molar-refractivity contribution in [3.8, 4) is 5.75 Å². The zero-order valence-electron chi connectivity index (χ0n) is 13.0. The van der Waals surface area contributed by atoms with Gasteiger partial charge in [0.1, 0.15) is 5.75 Å². The van der Waals surface area contributed by atoms with Crippen LogP contribution in [0.5, 0.6) is 5.75 Å². The SMILES string of the molecule is COc1ccc(NC(NC(=O)C(C)C)(C(F)(F)F)C(F)(F)F)cc1. The lowest BCUT2D eigenvalue weighted by atomic mass is 10.1. The Morgan fingerprint density at radius 3 is 1.79 bits per heavy atom. The summed E-state index contributed by atoms with van der Waals surface area (Å²) in [7, 11) is 1.29. The van der Waals surface area contributed by atoms with E-state index in [0.29, 0.717) is 0 Å². The van der Waals surface area contributed by atoms with Crippen LogP contribution in [0, 0.1) is 5.92 Å². The molecule has 0 saturated heterocycles. The quantitative estimate of drug-likeness (QED) is 0.623. The van der Waals surface area contributed by atoms with Crippen LogP contribution in [0.4, 0.5) is 32.0 Å². The van der Waals surface area contributed by atoms with Crippen LogP contribution in [-0.2, 0) is 4.79 Å². The lowest BCUT2D eigenvalue weighted by molar-refractivity contribution is -0.296. The molecule has 1 rings (SSSR count). The maximum atomic E-state index is 13.3. The Bertz CT molecular complexity index is 552. The number of anilines is 1. The van der Waals surface area contributed by atoms with Gasteiger partial charge < -0.3 is 15.4 Å². The second kappa shape index (κ2) is 6.78. The van der Waals surface area contributed by atoms with Gasteiger partial charge >= 0.3 is 18.0 Å². The highest BCUT2D eigenvalue weighted by molar-refractivity contribution is 5.79. The summed E-state index contributed by atoms with van der Waals surface area (Å²) in [4.78, 5) is 11.6. The van der Waals surface area contributed by atoms with Crippen molar-refractivity contribution in [2.24, 2.45) is 5.92 Å². The van der Waals surface area contributed by atoms with E-state index >= 15 is 0 Å². The van der Waals surface area contributed by atoms with Crippen LogP contribution in [0.2, 0.25) is 0 Å². The van der Waals surface area contributed by atoms with Gasteiger partial charge in [-0.3, -0.25) is 4.79 Å². The first-order chi connectivity index (χ1) is 10.8. The summed E-state index contributed by atoms with van der Waals surface area (Å²) in [5, 5.41) is 2.43. The normalized spacial score (nSPS) is 12.9. The monoisotopic (exact) mass is 358 g/mol. The third kappa shape index (κ3) is 4.04.